The fourth-order valence-electron chi connectivity index (χ4n) is 4.95. The van der Waals surface area contributed by atoms with Crippen LogP contribution in [0.5, 0.6) is 5.75 Å². The summed E-state index contributed by atoms with van der Waals surface area (Å²) in [6.45, 7) is 18.5. The number of carbonyl (C=O) groups is 5. The first kappa shape index (κ1) is 40.7. The molecular formula is C39H54N2O8. The van der Waals surface area contributed by atoms with Gasteiger partial charge in [0.15, 0.2) is 5.78 Å². The van der Waals surface area contributed by atoms with Gasteiger partial charge in [0.2, 0.25) is 11.8 Å². The second-order valence-electron chi connectivity index (χ2n) is 14.5. The quantitative estimate of drug-likeness (QED) is 0.147. The van der Waals surface area contributed by atoms with Crippen LogP contribution in [0.4, 0.5) is 0 Å². The Morgan fingerprint density at radius 3 is 1.94 bits per heavy atom. The van der Waals surface area contributed by atoms with Gasteiger partial charge in [-0.1, -0.05) is 62.4 Å². The number of hydrogen-bond donors (Lipinski definition) is 2. The van der Waals surface area contributed by atoms with Crippen molar-refractivity contribution in [2.24, 2.45) is 17.8 Å². The van der Waals surface area contributed by atoms with Crippen LogP contribution in [0.25, 0.3) is 0 Å². The van der Waals surface area contributed by atoms with E-state index < -0.39 is 59.8 Å². The number of carbonyl (C=O) groups excluding carboxylic acids is 5. The number of hydrogen-bond acceptors (Lipinski definition) is 8. The Bertz CT molecular complexity index is 1410. The van der Waals surface area contributed by atoms with E-state index in [-0.39, 0.29) is 43.6 Å². The Morgan fingerprint density at radius 2 is 1.39 bits per heavy atom. The third kappa shape index (κ3) is 16.0. The summed E-state index contributed by atoms with van der Waals surface area (Å²) in [5.41, 5.74) is 0.288. The number of rotatable bonds is 18. The standard InChI is InChI=1S/C39H54N2O8/c1-10-20-40-37(46)31(26(2)3)24-33(42)32(21-27-16-18-30(19-17-27)48-38(4,5)6)41-36(45)29(23-35(44)49-39(7,8)9)22-34(43)47-25-28-14-12-11-13-15-28/h10-19,26,29,31-32H,1,20-25H2,2-9H3,(H,40,46)(H,41,45)/t29-,31-,32-/m0/s1. The highest BCUT2D eigenvalue weighted by Gasteiger charge is 2.33. The third-order valence-corrected chi connectivity index (χ3v) is 7.34. The lowest BCUT2D eigenvalue weighted by Crippen LogP contribution is -2.47. The van der Waals surface area contributed by atoms with Crippen molar-refractivity contribution in [3.63, 3.8) is 0 Å². The minimum Gasteiger partial charge on any atom is -0.488 e. The molecule has 0 unspecified atom stereocenters. The number of esters is 2. The maximum Gasteiger partial charge on any atom is 0.307 e. The van der Waals surface area contributed by atoms with Crippen molar-refractivity contribution in [2.75, 3.05) is 6.54 Å². The van der Waals surface area contributed by atoms with E-state index in [1.807, 2.05) is 65.0 Å². The zero-order chi connectivity index (χ0) is 36.8. The van der Waals surface area contributed by atoms with Crippen LogP contribution in [-0.2, 0) is 46.5 Å². The smallest absolute Gasteiger partial charge is 0.307 e. The number of ether oxygens (including phenoxy) is 3. The van der Waals surface area contributed by atoms with Crippen molar-refractivity contribution >= 4 is 29.5 Å². The van der Waals surface area contributed by atoms with Crippen molar-refractivity contribution in [1.29, 1.82) is 0 Å². The molecule has 10 heteroatoms. The SMILES string of the molecule is C=CCNC(=O)[C@@H](CC(=O)[C@H](Cc1ccc(OC(C)(C)C)cc1)NC(=O)[C@@H](CC(=O)OCc1ccccc1)CC(=O)OC(C)(C)C)C(C)C. The van der Waals surface area contributed by atoms with Gasteiger partial charge in [-0.25, -0.2) is 0 Å². The lowest BCUT2D eigenvalue weighted by atomic mass is 9.86. The molecule has 0 saturated heterocycles. The predicted molar refractivity (Wildman–Crippen MR) is 188 cm³/mol. The number of ketones is 1. The molecule has 0 aromatic heterocycles. The van der Waals surface area contributed by atoms with Gasteiger partial charge in [0.05, 0.1) is 24.8 Å². The molecular weight excluding hydrogens is 624 g/mol. The lowest BCUT2D eigenvalue weighted by molar-refractivity contribution is -0.158. The van der Waals surface area contributed by atoms with Gasteiger partial charge in [-0.15, -0.1) is 6.58 Å². The van der Waals surface area contributed by atoms with Gasteiger partial charge in [0, 0.05) is 18.9 Å². The highest BCUT2D eigenvalue weighted by molar-refractivity contribution is 5.94. The highest BCUT2D eigenvalue weighted by Crippen LogP contribution is 2.23. The molecule has 0 aliphatic rings. The first-order chi connectivity index (χ1) is 22.9. The average Bonchev–Trinajstić information content (AvgIpc) is 3.00. The summed E-state index contributed by atoms with van der Waals surface area (Å²) in [6.07, 6.45) is 0.727. The number of amides is 2. The molecule has 3 atom stereocenters. The second kappa shape index (κ2) is 18.9. The predicted octanol–water partition coefficient (Wildman–Crippen LogP) is 5.91. The normalized spacial score (nSPS) is 13.4. The molecule has 2 N–H and O–H groups in total. The number of Topliss-reactive ketones (excluding diaryl/α,β-unsaturated/α-hetero) is 1. The van der Waals surface area contributed by atoms with Crippen LogP contribution in [-0.4, -0.2) is 53.3 Å². The Morgan fingerprint density at radius 1 is 0.776 bits per heavy atom. The minimum atomic E-state index is -1.17. The molecule has 0 saturated carbocycles. The summed E-state index contributed by atoms with van der Waals surface area (Å²) >= 11 is 0. The summed E-state index contributed by atoms with van der Waals surface area (Å²) in [5.74, 6) is -4.02. The van der Waals surface area contributed by atoms with Crippen LogP contribution in [0.2, 0.25) is 0 Å². The van der Waals surface area contributed by atoms with Crippen LogP contribution in [0.15, 0.2) is 67.3 Å². The first-order valence-corrected chi connectivity index (χ1v) is 16.8. The van der Waals surface area contributed by atoms with E-state index >= 15 is 0 Å². The van der Waals surface area contributed by atoms with Crippen LogP contribution in [0, 0.1) is 17.8 Å². The van der Waals surface area contributed by atoms with Crippen molar-refractivity contribution in [3.05, 3.63) is 78.4 Å². The second-order valence-corrected chi connectivity index (χ2v) is 14.5. The topological polar surface area (TPSA) is 137 Å². The molecule has 0 aliphatic heterocycles. The van der Waals surface area contributed by atoms with Gasteiger partial charge in [-0.2, -0.15) is 0 Å². The molecule has 0 fully saturated rings. The Labute approximate surface area is 291 Å². The molecule has 2 aromatic carbocycles. The minimum absolute atomic E-state index is 0.000985. The van der Waals surface area contributed by atoms with E-state index in [0.29, 0.717) is 5.75 Å². The zero-order valence-electron chi connectivity index (χ0n) is 30.3. The van der Waals surface area contributed by atoms with Crippen LogP contribution < -0.4 is 15.4 Å². The maximum absolute atomic E-state index is 13.9. The molecule has 10 nitrogen and oxygen atoms in total. The lowest BCUT2D eigenvalue weighted by Gasteiger charge is -2.26. The number of nitrogens with one attached hydrogen (secondary N) is 2. The van der Waals surface area contributed by atoms with Crippen molar-refractivity contribution in [2.45, 2.75) is 105 Å². The van der Waals surface area contributed by atoms with Crippen LogP contribution >= 0.6 is 0 Å². The molecule has 0 bridgehead atoms. The van der Waals surface area contributed by atoms with E-state index in [0.717, 1.165) is 11.1 Å². The van der Waals surface area contributed by atoms with Crippen molar-refractivity contribution < 1.29 is 38.2 Å². The molecule has 0 spiro atoms. The molecule has 0 heterocycles. The van der Waals surface area contributed by atoms with Gasteiger partial charge < -0.3 is 24.8 Å². The highest BCUT2D eigenvalue weighted by atomic mass is 16.6. The molecule has 2 aromatic rings. The van der Waals surface area contributed by atoms with Gasteiger partial charge >= 0.3 is 11.9 Å². The molecule has 0 aliphatic carbocycles. The van der Waals surface area contributed by atoms with Gasteiger partial charge in [-0.3, -0.25) is 24.0 Å². The Hall–Kier alpha value is -4.47. The molecule has 49 heavy (non-hydrogen) atoms. The summed E-state index contributed by atoms with van der Waals surface area (Å²) < 4.78 is 16.8. The Kier molecular flexibility index (Phi) is 15.7. The molecule has 0 radical (unpaired) electrons. The number of benzene rings is 2. The fourth-order valence-corrected chi connectivity index (χ4v) is 4.95. The molecule has 2 amide bonds. The van der Waals surface area contributed by atoms with E-state index in [2.05, 4.69) is 17.2 Å². The summed E-state index contributed by atoms with van der Waals surface area (Å²) in [7, 11) is 0. The maximum atomic E-state index is 13.9. The summed E-state index contributed by atoms with van der Waals surface area (Å²) in [6, 6.07) is 15.2. The third-order valence-electron chi connectivity index (χ3n) is 7.34. The fraction of sp³-hybridized carbons (Fsp3) is 0.513. The average molecular weight is 679 g/mol. The van der Waals surface area contributed by atoms with E-state index in [4.69, 9.17) is 14.2 Å². The molecule has 2 rings (SSSR count). The van der Waals surface area contributed by atoms with Crippen molar-refractivity contribution in [3.8, 4) is 5.75 Å². The van der Waals surface area contributed by atoms with E-state index in [9.17, 15) is 24.0 Å². The van der Waals surface area contributed by atoms with Gasteiger partial charge in [0.1, 0.15) is 23.6 Å². The van der Waals surface area contributed by atoms with Gasteiger partial charge in [-0.05, 0) is 77.1 Å². The van der Waals surface area contributed by atoms with Crippen LogP contribution in [0.3, 0.4) is 0 Å². The van der Waals surface area contributed by atoms with Gasteiger partial charge in [0.25, 0.3) is 0 Å². The Balaban J connectivity index is 2.36. The van der Waals surface area contributed by atoms with Crippen LogP contribution in [0.1, 0.15) is 85.8 Å². The van der Waals surface area contributed by atoms with Crippen molar-refractivity contribution in [1.82, 2.24) is 10.6 Å². The first-order valence-electron chi connectivity index (χ1n) is 16.8. The summed E-state index contributed by atoms with van der Waals surface area (Å²) in [4.78, 5) is 66.6. The monoisotopic (exact) mass is 678 g/mol. The summed E-state index contributed by atoms with van der Waals surface area (Å²) in [5, 5.41) is 5.57. The zero-order valence-corrected chi connectivity index (χ0v) is 30.3. The van der Waals surface area contributed by atoms with E-state index in [1.165, 1.54) is 0 Å². The molecule has 268 valence electrons. The van der Waals surface area contributed by atoms with E-state index in [1.54, 1.807) is 51.1 Å². The largest absolute Gasteiger partial charge is 0.488 e.